The van der Waals surface area contributed by atoms with Gasteiger partial charge in [0, 0.05) is 22.3 Å². The van der Waals surface area contributed by atoms with Gasteiger partial charge in [-0.15, -0.1) is 0 Å². The minimum atomic E-state index is -3.23. The summed E-state index contributed by atoms with van der Waals surface area (Å²) < 4.78 is 15.9. The predicted molar refractivity (Wildman–Crippen MR) is 119 cm³/mol. The first-order valence-electron chi connectivity index (χ1n) is 10.9. The average molecular weight is 540 g/mol. The number of benzene rings is 1. The first-order valence-corrected chi connectivity index (χ1v) is 10.9. The van der Waals surface area contributed by atoms with Gasteiger partial charge in [-0.05, 0) is 45.0 Å². The maximum Gasteiger partial charge on any atom is 0.334 e. The fourth-order valence-electron chi connectivity index (χ4n) is 3.61. The predicted octanol–water partition coefficient (Wildman–Crippen LogP) is -2.90. The monoisotopic (exact) mass is 540 g/mol. The molecule has 0 heterocycles. The topological polar surface area (TPSA) is 222 Å². The molecule has 206 valence electrons. The quantitative estimate of drug-likeness (QED) is 0.203. The van der Waals surface area contributed by atoms with Gasteiger partial charge in [0.1, 0.15) is 17.6 Å². The summed E-state index contributed by atoms with van der Waals surface area (Å²) in [5.41, 5.74) is -6.10. The van der Waals surface area contributed by atoms with Crippen LogP contribution in [0.1, 0.15) is 41.5 Å². The Morgan fingerprint density at radius 3 is 1.92 bits per heavy atom. The number of aliphatic carboxylic acids is 2. The van der Waals surface area contributed by atoms with Crippen LogP contribution in [-0.2, 0) is 28.7 Å². The Balaban J connectivity index is 2.90. The van der Waals surface area contributed by atoms with E-state index in [4.69, 9.17) is 14.2 Å². The normalized spacial score (nSPS) is 18.9. The molecule has 1 aliphatic rings. The number of carboxylic acid groups (broad SMARTS) is 4. The molecular formula is C26H20O13-4. The van der Waals surface area contributed by atoms with Crippen LogP contribution in [0.2, 0.25) is 0 Å². The number of hydrogen-bond donors (Lipinski definition) is 0. The van der Waals surface area contributed by atoms with Crippen molar-refractivity contribution in [3.05, 3.63) is 77.1 Å². The van der Waals surface area contributed by atoms with Gasteiger partial charge in [0.25, 0.3) is 0 Å². The maximum absolute atomic E-state index is 12.6. The molecule has 0 spiro atoms. The van der Waals surface area contributed by atoms with E-state index in [1.807, 2.05) is 0 Å². The molecule has 13 nitrogen and oxygen atoms in total. The molecule has 1 aromatic rings. The highest BCUT2D eigenvalue weighted by molar-refractivity contribution is 6.00. The van der Waals surface area contributed by atoms with Gasteiger partial charge in [-0.2, -0.15) is 0 Å². The van der Waals surface area contributed by atoms with Crippen molar-refractivity contribution >= 4 is 35.8 Å². The zero-order valence-corrected chi connectivity index (χ0v) is 20.8. The van der Waals surface area contributed by atoms with Gasteiger partial charge in [-0.1, -0.05) is 19.2 Å². The number of ether oxygens (including phenoxy) is 3. The van der Waals surface area contributed by atoms with E-state index in [-0.39, 0.29) is 11.1 Å². The van der Waals surface area contributed by atoms with Gasteiger partial charge in [-0.25, -0.2) is 9.59 Å². The highest BCUT2D eigenvalue weighted by Crippen LogP contribution is 2.41. The molecule has 0 amide bonds. The molecule has 0 aliphatic heterocycles. The fraction of sp³-hybridized carbons (Fsp3) is 0.231. The lowest BCUT2D eigenvalue weighted by Gasteiger charge is -2.45. The van der Waals surface area contributed by atoms with Crippen molar-refractivity contribution in [2.75, 3.05) is 0 Å². The number of aromatic carboxylic acids is 2. The zero-order chi connectivity index (χ0) is 29.8. The number of rotatable bonds is 11. The number of carbonyl (C=O) groups excluding carboxylic acids is 6. The Morgan fingerprint density at radius 2 is 1.46 bits per heavy atom. The molecule has 0 fully saturated rings. The van der Waals surface area contributed by atoms with E-state index in [0.29, 0.717) is 6.07 Å². The second-order valence-corrected chi connectivity index (χ2v) is 8.34. The molecule has 1 aliphatic carbocycles. The van der Waals surface area contributed by atoms with E-state index in [2.05, 4.69) is 13.2 Å². The van der Waals surface area contributed by atoms with Crippen LogP contribution in [0, 0.1) is 5.92 Å². The van der Waals surface area contributed by atoms with Crippen LogP contribution in [0.25, 0.3) is 0 Å². The molecule has 3 atom stereocenters. The van der Waals surface area contributed by atoms with E-state index in [0.717, 1.165) is 38.1 Å². The van der Waals surface area contributed by atoms with E-state index in [1.165, 1.54) is 6.92 Å². The summed E-state index contributed by atoms with van der Waals surface area (Å²) in [5.74, 6) is -13.7. The molecule has 0 radical (unpaired) electrons. The van der Waals surface area contributed by atoms with Crippen molar-refractivity contribution in [3.63, 3.8) is 0 Å². The van der Waals surface area contributed by atoms with Gasteiger partial charge in [0.05, 0.1) is 35.4 Å². The molecule has 1 aromatic carbocycles. The second kappa shape index (κ2) is 11.5. The van der Waals surface area contributed by atoms with Gasteiger partial charge >= 0.3 is 11.9 Å². The Labute approximate surface area is 220 Å². The SMILES string of the molecule is C=C(C)C(=O)OC(C)C1=C(Oc2ccc(C(=O)[O-])c(C(=O)[O-])c2)C=CC(C(=O)[O-])C1(OC(=O)C(=C)C)C(=O)[O-]. The van der Waals surface area contributed by atoms with Gasteiger partial charge < -0.3 is 53.8 Å². The number of esters is 2. The number of carbonyl (C=O) groups is 6. The van der Waals surface area contributed by atoms with Crippen LogP contribution in [0.4, 0.5) is 0 Å². The molecule has 2 rings (SSSR count). The van der Waals surface area contributed by atoms with Crippen molar-refractivity contribution in [3.8, 4) is 5.75 Å². The van der Waals surface area contributed by atoms with Crippen LogP contribution in [0.3, 0.4) is 0 Å². The molecule has 3 unspecified atom stereocenters. The third-order valence-electron chi connectivity index (χ3n) is 5.40. The average Bonchev–Trinajstić information content (AvgIpc) is 2.82. The Kier molecular flexibility index (Phi) is 8.82. The molecule has 0 aromatic heterocycles. The fourth-order valence-corrected chi connectivity index (χ4v) is 3.61. The summed E-state index contributed by atoms with van der Waals surface area (Å²) in [5, 5.41) is 47.3. The first kappa shape index (κ1) is 30.0. The summed E-state index contributed by atoms with van der Waals surface area (Å²) in [6.45, 7) is 10.2. The third kappa shape index (κ3) is 6.04. The van der Waals surface area contributed by atoms with Crippen molar-refractivity contribution < 1.29 is 63.4 Å². The number of carboxylic acids is 4. The van der Waals surface area contributed by atoms with Gasteiger partial charge in [0.15, 0.2) is 5.60 Å². The highest BCUT2D eigenvalue weighted by Gasteiger charge is 2.53. The van der Waals surface area contributed by atoms with Gasteiger partial charge in [0.2, 0.25) is 0 Å². The number of hydrogen-bond acceptors (Lipinski definition) is 13. The van der Waals surface area contributed by atoms with Crippen molar-refractivity contribution in [1.29, 1.82) is 0 Å². The summed E-state index contributed by atoms with van der Waals surface area (Å²) in [6, 6.07) is 2.46. The van der Waals surface area contributed by atoms with E-state index in [1.54, 1.807) is 0 Å². The molecule has 0 saturated heterocycles. The standard InChI is InChI=1S/C26H24O13/c1-11(2)23(33)37-13(5)19-18(38-14-6-7-15(20(27)28)16(10-14)21(29)30)9-8-17(22(31)32)26(19,25(35)36)39-24(34)12(3)4/h6-10,13,17H,1,3H2,2,4-5H3,(H,27,28)(H,29,30)(H,31,32)(H,35,36)/p-4. The van der Waals surface area contributed by atoms with Crippen molar-refractivity contribution in [2.45, 2.75) is 32.5 Å². The third-order valence-corrected chi connectivity index (χ3v) is 5.40. The van der Waals surface area contributed by atoms with E-state index in [9.17, 15) is 49.2 Å². The number of allylic oxidation sites excluding steroid dienone is 1. The van der Waals surface area contributed by atoms with Crippen LogP contribution < -0.4 is 25.2 Å². The molecule has 0 N–H and O–H groups in total. The summed E-state index contributed by atoms with van der Waals surface area (Å²) in [7, 11) is 0. The zero-order valence-electron chi connectivity index (χ0n) is 20.8. The highest BCUT2D eigenvalue weighted by atomic mass is 16.6. The first-order chi connectivity index (χ1) is 18.0. The molecule has 13 heteroatoms. The second-order valence-electron chi connectivity index (χ2n) is 8.34. The van der Waals surface area contributed by atoms with Crippen molar-refractivity contribution in [2.24, 2.45) is 5.92 Å². The summed E-state index contributed by atoms with van der Waals surface area (Å²) in [6.07, 6.45) is -0.0462. The molecular weight excluding hydrogens is 520 g/mol. The maximum atomic E-state index is 12.6. The van der Waals surface area contributed by atoms with Crippen LogP contribution in [0.15, 0.2) is 66.0 Å². The Bertz CT molecular complexity index is 1360. The van der Waals surface area contributed by atoms with E-state index >= 15 is 0 Å². The smallest absolute Gasteiger partial charge is 0.334 e. The lowest BCUT2D eigenvalue weighted by molar-refractivity contribution is -0.336. The molecule has 39 heavy (non-hydrogen) atoms. The van der Waals surface area contributed by atoms with Crippen LogP contribution in [0.5, 0.6) is 5.75 Å². The van der Waals surface area contributed by atoms with E-state index < -0.39 is 81.6 Å². The lowest BCUT2D eigenvalue weighted by Crippen LogP contribution is -2.63. The lowest BCUT2D eigenvalue weighted by atomic mass is 9.74. The Morgan fingerprint density at radius 1 is 0.897 bits per heavy atom. The summed E-state index contributed by atoms with van der Waals surface area (Å²) >= 11 is 0. The van der Waals surface area contributed by atoms with Crippen LogP contribution in [-0.4, -0.2) is 47.5 Å². The summed E-state index contributed by atoms with van der Waals surface area (Å²) in [4.78, 5) is 72.1. The van der Waals surface area contributed by atoms with Crippen LogP contribution >= 0.6 is 0 Å². The van der Waals surface area contributed by atoms with Crippen molar-refractivity contribution in [1.82, 2.24) is 0 Å². The van der Waals surface area contributed by atoms with Gasteiger partial charge in [-0.3, -0.25) is 0 Å². The molecule has 0 saturated carbocycles. The largest absolute Gasteiger partial charge is 0.549 e. The Hall–Kier alpha value is -5.20. The molecule has 0 bridgehead atoms. The minimum Gasteiger partial charge on any atom is -0.549 e. The minimum absolute atomic E-state index is 0.137.